The summed E-state index contributed by atoms with van der Waals surface area (Å²) in [5, 5.41) is 2.87. The van der Waals surface area contributed by atoms with Crippen molar-refractivity contribution in [2.75, 3.05) is 13.7 Å². The molecule has 1 aliphatic heterocycles. The summed E-state index contributed by atoms with van der Waals surface area (Å²) in [7, 11) is 1.65. The molecule has 1 aromatic rings. The van der Waals surface area contributed by atoms with Gasteiger partial charge in [-0.25, -0.2) is 0 Å². The summed E-state index contributed by atoms with van der Waals surface area (Å²) in [4.78, 5) is 11.2. The molecule has 0 saturated carbocycles. The van der Waals surface area contributed by atoms with Crippen LogP contribution in [0.4, 0.5) is 0 Å². The summed E-state index contributed by atoms with van der Waals surface area (Å²) < 4.78 is 5.18. The van der Waals surface area contributed by atoms with Crippen LogP contribution >= 0.6 is 0 Å². The molecule has 0 radical (unpaired) electrons. The zero-order valence-electron chi connectivity index (χ0n) is 9.04. The molecule has 80 valence electrons. The maximum absolute atomic E-state index is 11.2. The van der Waals surface area contributed by atoms with Gasteiger partial charge in [0, 0.05) is 18.4 Å². The van der Waals surface area contributed by atoms with Crippen molar-refractivity contribution in [2.45, 2.75) is 18.8 Å². The van der Waals surface area contributed by atoms with E-state index in [0.29, 0.717) is 13.0 Å². The number of benzene rings is 1. The van der Waals surface area contributed by atoms with Crippen LogP contribution in [0.15, 0.2) is 24.3 Å². The Morgan fingerprint density at radius 3 is 2.87 bits per heavy atom. The fourth-order valence-electron chi connectivity index (χ4n) is 1.98. The van der Waals surface area contributed by atoms with Crippen LogP contribution in [0.3, 0.4) is 0 Å². The number of carbonyl (C=O) groups excluding carboxylic acids is 1. The molecule has 1 heterocycles. The van der Waals surface area contributed by atoms with E-state index in [-0.39, 0.29) is 11.3 Å². The van der Waals surface area contributed by atoms with Crippen LogP contribution in [0.5, 0.6) is 5.75 Å². The molecule has 0 spiro atoms. The van der Waals surface area contributed by atoms with E-state index in [4.69, 9.17) is 4.74 Å². The maximum atomic E-state index is 11.2. The fraction of sp³-hybridized carbons (Fsp3) is 0.417. The lowest BCUT2D eigenvalue weighted by molar-refractivity contribution is -0.119. The highest BCUT2D eigenvalue weighted by Gasteiger charge is 2.35. The Balaban J connectivity index is 2.32. The first kappa shape index (κ1) is 10.0. The third-order valence-corrected chi connectivity index (χ3v) is 2.99. The molecule has 0 aliphatic carbocycles. The van der Waals surface area contributed by atoms with Gasteiger partial charge in [0.2, 0.25) is 5.91 Å². The number of ether oxygens (including phenoxy) is 1. The summed E-state index contributed by atoms with van der Waals surface area (Å²) in [6, 6.07) is 7.92. The minimum absolute atomic E-state index is 0.0916. The molecule has 15 heavy (non-hydrogen) atoms. The average Bonchev–Trinajstić information content (AvgIpc) is 2.60. The minimum atomic E-state index is -0.0916. The Hall–Kier alpha value is -1.51. The van der Waals surface area contributed by atoms with Crippen LogP contribution in [-0.2, 0) is 10.2 Å². The maximum Gasteiger partial charge on any atom is 0.220 e. The second kappa shape index (κ2) is 3.57. The van der Waals surface area contributed by atoms with E-state index in [1.807, 2.05) is 24.3 Å². The van der Waals surface area contributed by atoms with E-state index in [1.54, 1.807) is 7.11 Å². The Morgan fingerprint density at radius 2 is 2.27 bits per heavy atom. The molecule has 2 rings (SSSR count). The highest BCUT2D eigenvalue weighted by Crippen LogP contribution is 2.32. The number of hydrogen-bond acceptors (Lipinski definition) is 2. The van der Waals surface area contributed by atoms with Gasteiger partial charge in [0.1, 0.15) is 5.75 Å². The van der Waals surface area contributed by atoms with Crippen LogP contribution in [-0.4, -0.2) is 19.6 Å². The van der Waals surface area contributed by atoms with Crippen LogP contribution < -0.4 is 10.1 Å². The van der Waals surface area contributed by atoms with Gasteiger partial charge < -0.3 is 10.1 Å². The highest BCUT2D eigenvalue weighted by molar-refractivity contribution is 5.80. The van der Waals surface area contributed by atoms with Crippen molar-refractivity contribution in [3.63, 3.8) is 0 Å². The first-order chi connectivity index (χ1) is 7.14. The van der Waals surface area contributed by atoms with Gasteiger partial charge in [0.25, 0.3) is 0 Å². The fourth-order valence-corrected chi connectivity index (χ4v) is 1.98. The first-order valence-electron chi connectivity index (χ1n) is 5.05. The van der Waals surface area contributed by atoms with E-state index in [0.717, 1.165) is 11.3 Å². The predicted octanol–water partition coefficient (Wildman–Crippen LogP) is 1.47. The number of hydrogen-bond donors (Lipinski definition) is 1. The average molecular weight is 205 g/mol. The molecule has 1 N–H and O–H groups in total. The van der Waals surface area contributed by atoms with E-state index in [1.165, 1.54) is 0 Å². The third-order valence-electron chi connectivity index (χ3n) is 2.99. The van der Waals surface area contributed by atoms with Gasteiger partial charge in [-0.15, -0.1) is 0 Å². The number of amides is 1. The van der Waals surface area contributed by atoms with Gasteiger partial charge in [-0.05, 0) is 17.7 Å². The standard InChI is InChI=1S/C12H15NO2/c1-12(7-11(14)13-8-12)9-4-3-5-10(6-9)15-2/h3-6H,7-8H2,1-2H3,(H,13,14). The Bertz CT molecular complexity index is 389. The van der Waals surface area contributed by atoms with Crippen LogP contribution in [0.25, 0.3) is 0 Å². The molecule has 1 fully saturated rings. The van der Waals surface area contributed by atoms with Gasteiger partial charge in [0.05, 0.1) is 7.11 Å². The van der Waals surface area contributed by atoms with Crippen LogP contribution in [0.2, 0.25) is 0 Å². The molecular weight excluding hydrogens is 190 g/mol. The highest BCUT2D eigenvalue weighted by atomic mass is 16.5. The smallest absolute Gasteiger partial charge is 0.220 e. The molecule has 0 aromatic heterocycles. The van der Waals surface area contributed by atoms with Crippen molar-refractivity contribution >= 4 is 5.91 Å². The molecule has 1 aromatic carbocycles. The van der Waals surface area contributed by atoms with Crippen molar-refractivity contribution < 1.29 is 9.53 Å². The van der Waals surface area contributed by atoms with E-state index in [2.05, 4.69) is 12.2 Å². The quantitative estimate of drug-likeness (QED) is 0.794. The molecule has 1 aliphatic rings. The van der Waals surface area contributed by atoms with Crippen molar-refractivity contribution in [1.29, 1.82) is 0 Å². The lowest BCUT2D eigenvalue weighted by atomic mass is 9.82. The lowest BCUT2D eigenvalue weighted by Gasteiger charge is -2.22. The van der Waals surface area contributed by atoms with Crippen LogP contribution in [0.1, 0.15) is 18.9 Å². The zero-order valence-corrected chi connectivity index (χ0v) is 9.04. The zero-order chi connectivity index (χ0) is 10.9. The predicted molar refractivity (Wildman–Crippen MR) is 58.0 cm³/mol. The normalized spacial score (nSPS) is 25.1. The third kappa shape index (κ3) is 1.82. The number of rotatable bonds is 2. The van der Waals surface area contributed by atoms with Crippen molar-refractivity contribution in [3.8, 4) is 5.75 Å². The second-order valence-electron chi connectivity index (χ2n) is 4.25. The summed E-state index contributed by atoms with van der Waals surface area (Å²) >= 11 is 0. The van der Waals surface area contributed by atoms with Crippen molar-refractivity contribution in [1.82, 2.24) is 5.32 Å². The van der Waals surface area contributed by atoms with E-state index in [9.17, 15) is 4.79 Å². The second-order valence-corrected chi connectivity index (χ2v) is 4.25. The monoisotopic (exact) mass is 205 g/mol. The number of methoxy groups -OCH3 is 1. The Labute approximate surface area is 89.4 Å². The molecule has 0 bridgehead atoms. The van der Waals surface area contributed by atoms with Gasteiger partial charge in [-0.2, -0.15) is 0 Å². The minimum Gasteiger partial charge on any atom is -0.497 e. The van der Waals surface area contributed by atoms with Gasteiger partial charge in [0.15, 0.2) is 0 Å². The van der Waals surface area contributed by atoms with Crippen molar-refractivity contribution in [3.05, 3.63) is 29.8 Å². The summed E-state index contributed by atoms with van der Waals surface area (Å²) in [5.41, 5.74) is 1.06. The summed E-state index contributed by atoms with van der Waals surface area (Å²) in [6.45, 7) is 2.80. The van der Waals surface area contributed by atoms with Gasteiger partial charge >= 0.3 is 0 Å². The number of nitrogens with one attached hydrogen (secondary N) is 1. The molecule has 1 atom stereocenters. The molecule has 1 unspecified atom stereocenters. The molecular formula is C12H15NO2. The molecule has 3 heteroatoms. The van der Waals surface area contributed by atoms with Gasteiger partial charge in [-0.1, -0.05) is 19.1 Å². The largest absolute Gasteiger partial charge is 0.497 e. The Kier molecular flexibility index (Phi) is 2.39. The van der Waals surface area contributed by atoms with E-state index < -0.39 is 0 Å². The lowest BCUT2D eigenvalue weighted by Crippen LogP contribution is -2.24. The SMILES string of the molecule is COc1cccc(C2(C)CNC(=O)C2)c1. The summed E-state index contributed by atoms with van der Waals surface area (Å²) in [5.74, 6) is 0.966. The van der Waals surface area contributed by atoms with E-state index >= 15 is 0 Å². The van der Waals surface area contributed by atoms with Crippen molar-refractivity contribution in [2.24, 2.45) is 0 Å². The topological polar surface area (TPSA) is 38.3 Å². The first-order valence-corrected chi connectivity index (χ1v) is 5.05. The van der Waals surface area contributed by atoms with Gasteiger partial charge in [-0.3, -0.25) is 4.79 Å². The molecule has 1 saturated heterocycles. The number of carbonyl (C=O) groups is 1. The van der Waals surface area contributed by atoms with Crippen LogP contribution in [0, 0.1) is 0 Å². The molecule has 3 nitrogen and oxygen atoms in total. The molecule has 1 amide bonds. The Morgan fingerprint density at radius 1 is 1.47 bits per heavy atom. The summed E-state index contributed by atoms with van der Waals surface area (Å²) in [6.07, 6.45) is 0.556.